The summed E-state index contributed by atoms with van der Waals surface area (Å²) in [7, 11) is -3.44. The van der Waals surface area contributed by atoms with Crippen LogP contribution in [-0.4, -0.2) is 59.4 Å². The molecule has 8 nitrogen and oxygen atoms in total. The van der Waals surface area contributed by atoms with Gasteiger partial charge in [-0.1, -0.05) is 18.2 Å². The molecule has 1 amide bonds. The highest BCUT2D eigenvalue weighted by atomic mass is 32.2. The molecule has 2 N–H and O–H groups in total. The lowest BCUT2D eigenvalue weighted by molar-refractivity contribution is 0.0942. The van der Waals surface area contributed by atoms with E-state index in [1.165, 1.54) is 4.90 Å². The van der Waals surface area contributed by atoms with Crippen LogP contribution in [0.15, 0.2) is 42.7 Å². The second-order valence-corrected chi connectivity index (χ2v) is 8.44. The Morgan fingerprint density at radius 1 is 1.30 bits per heavy atom. The second kappa shape index (κ2) is 8.01. The molecule has 2 heterocycles. The quantitative estimate of drug-likeness (QED) is 0.804. The first-order valence-electron chi connectivity index (χ1n) is 8.67. The fourth-order valence-electron chi connectivity index (χ4n) is 3.49. The monoisotopic (exact) mass is 390 g/mol. The zero-order chi connectivity index (χ0) is 19.4. The zero-order valence-electron chi connectivity index (χ0n) is 14.9. The summed E-state index contributed by atoms with van der Waals surface area (Å²) in [6, 6.07) is 8.38. The summed E-state index contributed by atoms with van der Waals surface area (Å²) in [4.78, 5) is 21.5. The van der Waals surface area contributed by atoms with Gasteiger partial charge in [0.2, 0.25) is 10.0 Å². The van der Waals surface area contributed by atoms with E-state index >= 15 is 0 Å². The van der Waals surface area contributed by atoms with Crippen LogP contribution in [0.3, 0.4) is 0 Å². The number of piperidine rings is 1. The average Bonchev–Trinajstić information content (AvgIpc) is 2.63. The van der Waals surface area contributed by atoms with Gasteiger partial charge in [-0.25, -0.2) is 27.9 Å². The van der Waals surface area contributed by atoms with Crippen molar-refractivity contribution in [1.29, 1.82) is 0 Å². The first-order chi connectivity index (χ1) is 12.8. The van der Waals surface area contributed by atoms with Crippen molar-refractivity contribution in [3.05, 3.63) is 48.3 Å². The number of rotatable bonds is 5. The van der Waals surface area contributed by atoms with Crippen LogP contribution in [0.2, 0.25) is 0 Å². The molecule has 1 aromatic heterocycles. The molecule has 27 heavy (non-hydrogen) atoms. The topological polar surface area (TPSA) is 112 Å². The molecule has 3 rings (SSSR count). The summed E-state index contributed by atoms with van der Waals surface area (Å²) in [5, 5.41) is 9.56. The molecule has 0 saturated carbocycles. The molecule has 9 heteroatoms. The Kier molecular flexibility index (Phi) is 5.71. The van der Waals surface area contributed by atoms with Crippen molar-refractivity contribution >= 4 is 16.1 Å². The van der Waals surface area contributed by atoms with E-state index in [9.17, 15) is 18.3 Å². The van der Waals surface area contributed by atoms with Gasteiger partial charge >= 0.3 is 6.09 Å². The van der Waals surface area contributed by atoms with Crippen LogP contribution in [0.4, 0.5) is 4.79 Å². The lowest BCUT2D eigenvalue weighted by Gasteiger charge is -2.39. The number of sulfonamides is 1. The molecule has 2 atom stereocenters. The molecular weight excluding hydrogens is 368 g/mol. The Bertz CT molecular complexity index is 905. The molecule has 0 radical (unpaired) electrons. The molecule has 1 fully saturated rings. The first kappa shape index (κ1) is 19.2. The number of amides is 1. The van der Waals surface area contributed by atoms with E-state index in [4.69, 9.17) is 0 Å². The lowest BCUT2D eigenvalue weighted by Crippen LogP contribution is -2.57. The maximum Gasteiger partial charge on any atom is 0.407 e. The van der Waals surface area contributed by atoms with Crippen molar-refractivity contribution in [1.82, 2.24) is 19.6 Å². The van der Waals surface area contributed by atoms with Gasteiger partial charge in [0.15, 0.2) is 5.82 Å². The number of hydrogen-bond donors (Lipinski definition) is 2. The van der Waals surface area contributed by atoms with Gasteiger partial charge in [0.05, 0.1) is 12.3 Å². The molecule has 0 unspecified atom stereocenters. The number of benzene rings is 1. The molecule has 0 aliphatic carbocycles. The maximum absolute atomic E-state index is 11.7. The van der Waals surface area contributed by atoms with Gasteiger partial charge in [-0.15, -0.1) is 0 Å². The first-order valence-corrected chi connectivity index (χ1v) is 10.6. The van der Waals surface area contributed by atoms with E-state index < -0.39 is 28.2 Å². The summed E-state index contributed by atoms with van der Waals surface area (Å²) >= 11 is 0. The predicted molar refractivity (Wildman–Crippen MR) is 101 cm³/mol. The van der Waals surface area contributed by atoms with Crippen molar-refractivity contribution < 1.29 is 18.3 Å². The van der Waals surface area contributed by atoms with Crippen LogP contribution in [0.5, 0.6) is 0 Å². The number of likely N-dealkylation sites (tertiary alicyclic amines) is 1. The third kappa shape index (κ3) is 5.01. The van der Waals surface area contributed by atoms with Crippen LogP contribution in [0, 0.1) is 0 Å². The Morgan fingerprint density at radius 2 is 2.04 bits per heavy atom. The van der Waals surface area contributed by atoms with Gasteiger partial charge in [0, 0.05) is 30.5 Å². The highest BCUT2D eigenvalue weighted by Crippen LogP contribution is 2.24. The summed E-state index contributed by atoms with van der Waals surface area (Å²) in [6.45, 7) is 0.392. The van der Waals surface area contributed by atoms with Crippen LogP contribution in [0.25, 0.3) is 11.4 Å². The number of hydrogen-bond acceptors (Lipinski definition) is 5. The Hall–Kier alpha value is -2.52. The molecule has 1 saturated heterocycles. The van der Waals surface area contributed by atoms with E-state index in [2.05, 4.69) is 14.7 Å². The fraction of sp³-hybridized carbons (Fsp3) is 0.389. The fourth-order valence-corrected chi connectivity index (χ4v) is 4.31. The van der Waals surface area contributed by atoms with Gasteiger partial charge in [-0.2, -0.15) is 0 Å². The van der Waals surface area contributed by atoms with Gasteiger partial charge in [-0.3, -0.25) is 0 Å². The summed E-state index contributed by atoms with van der Waals surface area (Å²) in [5.41, 5.74) is 1.73. The minimum absolute atomic E-state index is 0.392. The number of carbonyl (C=O) groups is 1. The highest BCUT2D eigenvalue weighted by molar-refractivity contribution is 7.88. The maximum atomic E-state index is 11.7. The average molecular weight is 390 g/mol. The van der Waals surface area contributed by atoms with Gasteiger partial charge < -0.3 is 10.0 Å². The molecule has 1 aliphatic heterocycles. The molecule has 1 aromatic carbocycles. The van der Waals surface area contributed by atoms with Crippen LogP contribution in [0.1, 0.15) is 18.4 Å². The lowest BCUT2D eigenvalue weighted by atomic mass is 9.91. The van der Waals surface area contributed by atoms with E-state index in [-0.39, 0.29) is 0 Å². The molecule has 2 aromatic rings. The summed E-state index contributed by atoms with van der Waals surface area (Å²) in [5.74, 6) is 0.587. The number of nitrogens with one attached hydrogen (secondary N) is 1. The van der Waals surface area contributed by atoms with E-state index in [1.54, 1.807) is 18.5 Å². The zero-order valence-corrected chi connectivity index (χ0v) is 15.8. The van der Waals surface area contributed by atoms with E-state index in [0.29, 0.717) is 31.6 Å². The third-order valence-corrected chi connectivity index (χ3v) is 5.32. The number of carboxylic acid groups (broad SMARTS) is 1. The Labute approximate surface area is 158 Å². The molecule has 0 bridgehead atoms. The van der Waals surface area contributed by atoms with Crippen LogP contribution < -0.4 is 4.72 Å². The smallest absolute Gasteiger partial charge is 0.407 e. The van der Waals surface area contributed by atoms with Crippen molar-refractivity contribution in [3.8, 4) is 11.4 Å². The van der Waals surface area contributed by atoms with E-state index in [1.807, 2.05) is 24.3 Å². The standard InChI is InChI=1S/C18H22N4O4S/c1-27(25,26)21-15-7-3-10-22(18(23)24)16(15)12-13-5-2-6-14(11-13)17-19-8-4-9-20-17/h2,4-6,8-9,11,15-16,21H,3,7,10,12H2,1H3,(H,23,24)/t15-,16-/m1/s1. The third-order valence-electron chi connectivity index (χ3n) is 4.59. The van der Waals surface area contributed by atoms with Crippen molar-refractivity contribution in [3.63, 3.8) is 0 Å². The SMILES string of the molecule is CS(=O)(=O)N[C@@H]1CCCN(C(=O)O)[C@@H]1Cc1cccc(-c2ncccn2)c1. The molecular formula is C18H22N4O4S. The summed E-state index contributed by atoms with van der Waals surface area (Å²) in [6.07, 6.45) is 5.00. The minimum atomic E-state index is -3.44. The van der Waals surface area contributed by atoms with Crippen LogP contribution in [-0.2, 0) is 16.4 Å². The van der Waals surface area contributed by atoms with Crippen molar-refractivity contribution in [2.45, 2.75) is 31.3 Å². The Balaban J connectivity index is 1.88. The largest absolute Gasteiger partial charge is 0.465 e. The van der Waals surface area contributed by atoms with Gasteiger partial charge in [0.1, 0.15) is 0 Å². The summed E-state index contributed by atoms with van der Waals surface area (Å²) < 4.78 is 26.0. The number of aromatic nitrogens is 2. The molecule has 1 aliphatic rings. The highest BCUT2D eigenvalue weighted by Gasteiger charge is 2.35. The normalized spacial score (nSPS) is 20.4. The Morgan fingerprint density at radius 3 is 2.70 bits per heavy atom. The van der Waals surface area contributed by atoms with E-state index in [0.717, 1.165) is 17.4 Å². The number of nitrogens with zero attached hydrogens (tertiary/aromatic N) is 3. The van der Waals surface area contributed by atoms with Crippen molar-refractivity contribution in [2.75, 3.05) is 12.8 Å². The second-order valence-electron chi connectivity index (χ2n) is 6.66. The van der Waals surface area contributed by atoms with Gasteiger partial charge in [-0.05, 0) is 37.0 Å². The van der Waals surface area contributed by atoms with Crippen molar-refractivity contribution in [2.24, 2.45) is 0 Å². The molecule has 144 valence electrons. The predicted octanol–water partition coefficient (Wildman–Crippen LogP) is 1.75. The minimum Gasteiger partial charge on any atom is -0.465 e. The molecule has 0 spiro atoms. The van der Waals surface area contributed by atoms with Crippen LogP contribution >= 0.6 is 0 Å². The van der Waals surface area contributed by atoms with Gasteiger partial charge in [0.25, 0.3) is 0 Å².